The second kappa shape index (κ2) is 12.0. The number of rotatable bonds is 8. The third-order valence-corrected chi connectivity index (χ3v) is 7.75. The Balaban J connectivity index is 1.43. The van der Waals surface area contributed by atoms with Crippen molar-refractivity contribution in [2.45, 2.75) is 31.3 Å². The van der Waals surface area contributed by atoms with Crippen molar-refractivity contribution in [2.24, 2.45) is 0 Å². The maximum absolute atomic E-state index is 12.8. The Morgan fingerprint density at radius 1 is 0.810 bits per heavy atom. The number of aromatic nitrogens is 2. The van der Waals surface area contributed by atoms with Gasteiger partial charge in [-0.15, -0.1) is 0 Å². The van der Waals surface area contributed by atoms with E-state index in [0.717, 1.165) is 27.8 Å². The third-order valence-electron chi connectivity index (χ3n) is 7.75. The predicted octanol–water partition coefficient (Wildman–Crippen LogP) is 6.22. The molecule has 6 rings (SSSR count). The van der Waals surface area contributed by atoms with Crippen LogP contribution in [0.15, 0.2) is 143 Å². The highest BCUT2D eigenvalue weighted by atomic mass is 16.6. The first-order chi connectivity index (χ1) is 20.5. The molecule has 1 aliphatic rings. The van der Waals surface area contributed by atoms with E-state index in [4.69, 9.17) is 9.47 Å². The number of benzene rings is 4. The molecule has 0 radical (unpaired) electrons. The normalized spacial score (nSPS) is 17.9. The van der Waals surface area contributed by atoms with Gasteiger partial charge < -0.3 is 9.47 Å². The lowest BCUT2D eigenvalue weighted by Crippen LogP contribution is -2.36. The summed E-state index contributed by atoms with van der Waals surface area (Å²) in [5, 5.41) is 0. The third kappa shape index (κ3) is 5.42. The molecule has 1 aliphatic heterocycles. The highest BCUT2D eigenvalue weighted by Gasteiger charge is 2.40. The molecule has 6 nitrogen and oxygen atoms in total. The Labute approximate surface area is 244 Å². The second-order valence-corrected chi connectivity index (χ2v) is 10.5. The minimum atomic E-state index is -0.908. The van der Waals surface area contributed by atoms with E-state index in [9.17, 15) is 9.59 Å². The monoisotopic (exact) mass is 556 g/mol. The molecule has 1 fully saturated rings. The largest absolute Gasteiger partial charge is 0.358 e. The molecule has 0 bridgehead atoms. The van der Waals surface area contributed by atoms with Crippen LogP contribution in [0.1, 0.15) is 40.5 Å². The van der Waals surface area contributed by atoms with Gasteiger partial charge in [0.05, 0.1) is 6.61 Å². The van der Waals surface area contributed by atoms with Crippen LogP contribution < -0.4 is 11.2 Å². The first-order valence-electron chi connectivity index (χ1n) is 14.1. The van der Waals surface area contributed by atoms with Crippen LogP contribution in [0.5, 0.6) is 0 Å². The maximum Gasteiger partial charge on any atom is 0.330 e. The first-order valence-corrected chi connectivity index (χ1v) is 14.1. The average molecular weight is 557 g/mol. The summed E-state index contributed by atoms with van der Waals surface area (Å²) in [5.74, 6) is 0. The molecule has 2 heterocycles. The van der Waals surface area contributed by atoms with Gasteiger partial charge in [0.2, 0.25) is 0 Å². The lowest BCUT2D eigenvalue weighted by molar-refractivity contribution is -0.0714. The number of aryl methyl sites for hydroxylation is 1. The fraction of sp³-hybridized carbons (Fsp3) is 0.167. The van der Waals surface area contributed by atoms with Crippen LogP contribution in [0.4, 0.5) is 0 Å². The van der Waals surface area contributed by atoms with Crippen LogP contribution in [-0.2, 0) is 15.1 Å². The standard InChI is InChI=1S/C36H32N2O4/c1-26-24-38(35(40)37-34(26)39)33-23-28(22-27-14-6-2-7-15-27)32(42-33)25-41-36(29-16-8-3-9-17-29,30-18-10-4-11-19-30)31-20-12-5-13-21-31/h2-22,24,32-33H,23,25H2,1H3,(H,37,39,40)/b28-22+/t32-,33-/m1/s1. The van der Waals surface area contributed by atoms with Crippen LogP contribution in [0.2, 0.25) is 0 Å². The average Bonchev–Trinajstić information content (AvgIpc) is 3.43. The lowest BCUT2D eigenvalue weighted by Gasteiger charge is -2.36. The molecule has 4 aromatic carbocycles. The van der Waals surface area contributed by atoms with Crippen molar-refractivity contribution in [2.75, 3.05) is 6.61 Å². The lowest BCUT2D eigenvalue weighted by atomic mass is 9.80. The van der Waals surface area contributed by atoms with Crippen molar-refractivity contribution in [1.82, 2.24) is 9.55 Å². The predicted molar refractivity (Wildman–Crippen MR) is 164 cm³/mol. The van der Waals surface area contributed by atoms with Crippen molar-refractivity contribution < 1.29 is 9.47 Å². The number of nitrogens with zero attached hydrogens (tertiary/aromatic N) is 1. The maximum atomic E-state index is 12.8. The van der Waals surface area contributed by atoms with E-state index < -0.39 is 29.2 Å². The van der Waals surface area contributed by atoms with Crippen LogP contribution in [0.3, 0.4) is 0 Å². The number of H-pyrrole nitrogens is 1. The molecule has 42 heavy (non-hydrogen) atoms. The fourth-order valence-corrected chi connectivity index (χ4v) is 5.65. The zero-order valence-corrected chi connectivity index (χ0v) is 23.4. The Hall–Kier alpha value is -4.78. The molecule has 0 aliphatic carbocycles. The number of hydrogen-bond donors (Lipinski definition) is 1. The molecular formula is C36H32N2O4. The highest BCUT2D eigenvalue weighted by molar-refractivity contribution is 5.54. The Bertz CT molecular complexity index is 1680. The second-order valence-electron chi connectivity index (χ2n) is 10.5. The Morgan fingerprint density at radius 3 is 1.83 bits per heavy atom. The van der Waals surface area contributed by atoms with Gasteiger partial charge in [-0.3, -0.25) is 14.3 Å². The van der Waals surface area contributed by atoms with E-state index in [1.165, 1.54) is 4.57 Å². The van der Waals surface area contributed by atoms with Crippen molar-refractivity contribution >= 4 is 6.08 Å². The van der Waals surface area contributed by atoms with E-state index in [0.29, 0.717) is 12.0 Å². The van der Waals surface area contributed by atoms with E-state index in [-0.39, 0.29) is 6.61 Å². The highest BCUT2D eigenvalue weighted by Crippen LogP contribution is 2.42. The van der Waals surface area contributed by atoms with Crippen molar-refractivity contribution in [3.8, 4) is 0 Å². The molecule has 1 aromatic heterocycles. The molecule has 6 heteroatoms. The molecule has 5 aromatic rings. The van der Waals surface area contributed by atoms with E-state index in [2.05, 4.69) is 47.5 Å². The van der Waals surface area contributed by atoms with Gasteiger partial charge in [-0.05, 0) is 34.8 Å². The number of ether oxygens (including phenoxy) is 2. The van der Waals surface area contributed by atoms with Gasteiger partial charge in [-0.1, -0.05) is 127 Å². The van der Waals surface area contributed by atoms with Gasteiger partial charge in [-0.25, -0.2) is 4.79 Å². The summed E-state index contributed by atoms with van der Waals surface area (Å²) in [4.78, 5) is 27.3. The van der Waals surface area contributed by atoms with Gasteiger partial charge >= 0.3 is 5.69 Å². The van der Waals surface area contributed by atoms with Crippen LogP contribution in [0, 0.1) is 6.92 Å². The first kappa shape index (κ1) is 27.4. The van der Waals surface area contributed by atoms with Gasteiger partial charge in [0.15, 0.2) is 0 Å². The summed E-state index contributed by atoms with van der Waals surface area (Å²) in [6, 6.07) is 40.7. The topological polar surface area (TPSA) is 73.3 Å². The minimum Gasteiger partial charge on any atom is -0.358 e. The molecular weight excluding hydrogens is 524 g/mol. The van der Waals surface area contributed by atoms with Crippen LogP contribution >= 0.6 is 0 Å². The van der Waals surface area contributed by atoms with Crippen molar-refractivity contribution in [3.63, 3.8) is 0 Å². The summed E-state index contributed by atoms with van der Waals surface area (Å²) < 4.78 is 15.1. The number of nitrogens with one attached hydrogen (secondary N) is 1. The van der Waals surface area contributed by atoms with Gasteiger partial charge in [0.1, 0.15) is 17.9 Å². The van der Waals surface area contributed by atoms with Crippen molar-refractivity contribution in [3.05, 3.63) is 182 Å². The van der Waals surface area contributed by atoms with Crippen molar-refractivity contribution in [1.29, 1.82) is 0 Å². The Kier molecular flexibility index (Phi) is 7.82. The molecule has 0 saturated carbocycles. The zero-order chi connectivity index (χ0) is 28.9. The summed E-state index contributed by atoms with van der Waals surface area (Å²) in [6.07, 6.45) is 3.12. The van der Waals surface area contributed by atoms with E-state index >= 15 is 0 Å². The zero-order valence-electron chi connectivity index (χ0n) is 23.4. The van der Waals surface area contributed by atoms with Crippen LogP contribution in [-0.4, -0.2) is 22.3 Å². The van der Waals surface area contributed by atoms with Gasteiger partial charge in [0.25, 0.3) is 5.56 Å². The van der Waals surface area contributed by atoms with Gasteiger partial charge in [0, 0.05) is 18.2 Å². The molecule has 1 saturated heterocycles. The molecule has 0 spiro atoms. The van der Waals surface area contributed by atoms with E-state index in [1.54, 1.807) is 13.1 Å². The molecule has 210 valence electrons. The molecule has 1 N–H and O–H groups in total. The SMILES string of the molecule is Cc1cn([C@H]2C/C(=C\c3ccccc3)[C@@H](COC(c3ccccc3)(c3ccccc3)c3ccccc3)O2)c(=O)[nH]c1=O. The summed E-state index contributed by atoms with van der Waals surface area (Å²) >= 11 is 0. The Morgan fingerprint density at radius 2 is 1.31 bits per heavy atom. The summed E-state index contributed by atoms with van der Waals surface area (Å²) in [6.45, 7) is 1.91. The fourth-order valence-electron chi connectivity index (χ4n) is 5.65. The summed E-state index contributed by atoms with van der Waals surface area (Å²) in [5.41, 5.74) is 3.68. The quantitative estimate of drug-likeness (QED) is 0.230. The molecule has 0 amide bonds. The smallest absolute Gasteiger partial charge is 0.330 e. The van der Waals surface area contributed by atoms with E-state index in [1.807, 2.05) is 84.9 Å². The molecule has 0 unspecified atom stereocenters. The molecule has 2 atom stereocenters. The van der Waals surface area contributed by atoms with Gasteiger partial charge in [-0.2, -0.15) is 0 Å². The number of hydrogen-bond acceptors (Lipinski definition) is 4. The summed E-state index contributed by atoms with van der Waals surface area (Å²) in [7, 11) is 0. The minimum absolute atomic E-state index is 0.227. The van der Waals surface area contributed by atoms with Crippen LogP contribution in [0.25, 0.3) is 6.08 Å². The number of aromatic amines is 1.